The number of hydrogen-bond donors (Lipinski definition) is 1. The average Bonchev–Trinajstić information content (AvgIpc) is 2.73. The summed E-state index contributed by atoms with van der Waals surface area (Å²) in [5.74, 6) is 0. The van der Waals surface area contributed by atoms with E-state index in [1.165, 1.54) is 0 Å². The van der Waals surface area contributed by atoms with Gasteiger partial charge in [0.25, 0.3) is 5.69 Å². The summed E-state index contributed by atoms with van der Waals surface area (Å²) in [5, 5.41) is 17.4. The summed E-state index contributed by atoms with van der Waals surface area (Å²) >= 11 is 0.771. The van der Waals surface area contributed by atoms with Crippen LogP contribution in [0.25, 0.3) is 10.6 Å². The van der Waals surface area contributed by atoms with Crippen LogP contribution in [0.5, 0.6) is 0 Å². The SMILES string of the molecule is Nc1nnc(-c2ccc([N+](=O)[O-])cc2C(F)(F)F)s1. The van der Waals surface area contributed by atoms with Gasteiger partial charge in [-0.15, -0.1) is 10.2 Å². The van der Waals surface area contributed by atoms with Crippen LogP contribution in [0.2, 0.25) is 0 Å². The molecule has 0 spiro atoms. The molecule has 0 aliphatic heterocycles. The Morgan fingerprint density at radius 1 is 1.32 bits per heavy atom. The molecular formula is C9H5F3N4O2S. The van der Waals surface area contributed by atoms with Crippen molar-refractivity contribution in [2.24, 2.45) is 0 Å². The van der Waals surface area contributed by atoms with E-state index >= 15 is 0 Å². The number of halogens is 3. The van der Waals surface area contributed by atoms with Gasteiger partial charge in [0.15, 0.2) is 0 Å². The Bertz CT molecular complexity index is 641. The lowest BCUT2D eigenvalue weighted by molar-refractivity contribution is -0.385. The standard InChI is InChI=1S/C9H5F3N4O2S/c10-9(11,12)6-3-4(16(17)18)1-2-5(6)7-14-15-8(13)19-7/h1-3H,(H2,13,15). The van der Waals surface area contributed by atoms with Gasteiger partial charge < -0.3 is 5.73 Å². The fourth-order valence-corrected chi connectivity index (χ4v) is 2.06. The van der Waals surface area contributed by atoms with Crippen molar-refractivity contribution in [2.45, 2.75) is 6.18 Å². The summed E-state index contributed by atoms with van der Waals surface area (Å²) in [5.41, 5.74) is 3.24. The van der Waals surface area contributed by atoms with Crippen LogP contribution in [0.1, 0.15) is 5.56 Å². The third-order valence-electron chi connectivity index (χ3n) is 2.19. The Morgan fingerprint density at radius 3 is 2.47 bits per heavy atom. The lowest BCUT2D eigenvalue weighted by atomic mass is 10.1. The maximum absolute atomic E-state index is 12.9. The summed E-state index contributed by atoms with van der Waals surface area (Å²) in [6.45, 7) is 0. The lowest BCUT2D eigenvalue weighted by Gasteiger charge is -2.10. The third-order valence-corrected chi connectivity index (χ3v) is 2.98. The Balaban J connectivity index is 2.64. The number of nitro benzene ring substituents is 1. The van der Waals surface area contributed by atoms with E-state index in [4.69, 9.17) is 5.73 Å². The molecule has 1 heterocycles. The molecule has 1 aromatic heterocycles. The lowest BCUT2D eigenvalue weighted by Crippen LogP contribution is -2.08. The molecule has 0 atom stereocenters. The molecule has 0 amide bonds. The number of non-ortho nitro benzene ring substituents is 1. The number of alkyl halides is 3. The van der Waals surface area contributed by atoms with Gasteiger partial charge in [0.1, 0.15) is 5.01 Å². The van der Waals surface area contributed by atoms with Crippen molar-refractivity contribution in [3.8, 4) is 10.6 Å². The summed E-state index contributed by atoms with van der Waals surface area (Å²) in [6.07, 6.45) is -4.73. The van der Waals surface area contributed by atoms with E-state index in [0.717, 1.165) is 23.5 Å². The number of nitrogen functional groups attached to an aromatic ring is 1. The zero-order valence-corrected chi connectivity index (χ0v) is 9.83. The predicted molar refractivity (Wildman–Crippen MR) is 61.4 cm³/mol. The molecule has 0 saturated heterocycles. The van der Waals surface area contributed by atoms with Crippen molar-refractivity contribution in [1.29, 1.82) is 0 Å². The average molecular weight is 290 g/mol. The highest BCUT2D eigenvalue weighted by atomic mass is 32.1. The van der Waals surface area contributed by atoms with Crippen LogP contribution in [-0.4, -0.2) is 15.1 Å². The van der Waals surface area contributed by atoms with Gasteiger partial charge in [0.2, 0.25) is 5.13 Å². The van der Waals surface area contributed by atoms with Gasteiger partial charge in [-0.3, -0.25) is 10.1 Å². The van der Waals surface area contributed by atoms with Crippen molar-refractivity contribution in [2.75, 3.05) is 5.73 Å². The first-order valence-corrected chi connectivity index (χ1v) is 5.55. The van der Waals surface area contributed by atoms with Crippen LogP contribution < -0.4 is 5.73 Å². The molecule has 2 aromatic rings. The molecule has 2 rings (SSSR count). The van der Waals surface area contributed by atoms with E-state index in [1.54, 1.807) is 0 Å². The Kier molecular flexibility index (Phi) is 3.10. The molecule has 0 bridgehead atoms. The van der Waals surface area contributed by atoms with Crippen molar-refractivity contribution < 1.29 is 18.1 Å². The van der Waals surface area contributed by atoms with Crippen molar-refractivity contribution in [3.05, 3.63) is 33.9 Å². The van der Waals surface area contributed by atoms with Crippen molar-refractivity contribution in [1.82, 2.24) is 10.2 Å². The predicted octanol–water partition coefficient (Wildman–Crippen LogP) is 2.71. The van der Waals surface area contributed by atoms with E-state index in [-0.39, 0.29) is 15.7 Å². The fourth-order valence-electron chi connectivity index (χ4n) is 1.41. The third kappa shape index (κ3) is 2.62. The monoisotopic (exact) mass is 290 g/mol. The second-order valence-electron chi connectivity index (χ2n) is 3.43. The number of benzene rings is 1. The van der Waals surface area contributed by atoms with E-state index in [2.05, 4.69) is 10.2 Å². The Labute approximate surface area is 107 Å². The fraction of sp³-hybridized carbons (Fsp3) is 0.111. The van der Waals surface area contributed by atoms with Crippen LogP contribution in [0.4, 0.5) is 24.0 Å². The number of nitro groups is 1. The number of anilines is 1. The molecule has 1 aromatic carbocycles. The number of nitrogens with zero attached hydrogens (tertiary/aromatic N) is 3. The van der Waals surface area contributed by atoms with Gasteiger partial charge in [-0.25, -0.2) is 0 Å². The highest BCUT2D eigenvalue weighted by Gasteiger charge is 2.36. The molecule has 0 aliphatic rings. The summed E-state index contributed by atoms with van der Waals surface area (Å²) < 4.78 is 38.7. The first-order valence-electron chi connectivity index (χ1n) is 4.74. The van der Waals surface area contributed by atoms with Crippen molar-refractivity contribution >= 4 is 22.2 Å². The Hall–Kier alpha value is -2.23. The van der Waals surface area contributed by atoms with Crippen LogP contribution in [0.3, 0.4) is 0 Å². The van der Waals surface area contributed by atoms with Gasteiger partial charge in [-0.1, -0.05) is 11.3 Å². The zero-order chi connectivity index (χ0) is 14.2. The molecular weight excluding hydrogens is 285 g/mol. The van der Waals surface area contributed by atoms with Gasteiger partial charge in [-0.05, 0) is 6.07 Å². The molecule has 0 radical (unpaired) electrons. The normalized spacial score (nSPS) is 11.5. The first-order chi connectivity index (χ1) is 8.79. The molecule has 2 N–H and O–H groups in total. The van der Waals surface area contributed by atoms with Crippen LogP contribution >= 0.6 is 11.3 Å². The second-order valence-corrected chi connectivity index (χ2v) is 4.44. The topological polar surface area (TPSA) is 94.9 Å². The largest absolute Gasteiger partial charge is 0.417 e. The van der Waals surface area contributed by atoms with Crippen LogP contribution in [0.15, 0.2) is 18.2 Å². The number of aromatic nitrogens is 2. The van der Waals surface area contributed by atoms with Crippen molar-refractivity contribution in [3.63, 3.8) is 0 Å². The summed E-state index contributed by atoms with van der Waals surface area (Å²) in [4.78, 5) is 9.63. The van der Waals surface area contributed by atoms with Crippen LogP contribution in [0, 0.1) is 10.1 Å². The molecule has 0 fully saturated rings. The zero-order valence-electron chi connectivity index (χ0n) is 9.01. The van der Waals surface area contributed by atoms with Gasteiger partial charge >= 0.3 is 6.18 Å². The van der Waals surface area contributed by atoms with Gasteiger partial charge in [0, 0.05) is 17.7 Å². The van der Waals surface area contributed by atoms with Gasteiger partial charge in [0.05, 0.1) is 10.5 Å². The second kappa shape index (κ2) is 4.46. The maximum Gasteiger partial charge on any atom is 0.417 e. The molecule has 10 heteroatoms. The summed E-state index contributed by atoms with van der Waals surface area (Å²) in [6, 6.07) is 2.43. The molecule has 0 aliphatic carbocycles. The number of rotatable bonds is 2. The molecule has 19 heavy (non-hydrogen) atoms. The van der Waals surface area contributed by atoms with Crippen LogP contribution in [-0.2, 0) is 6.18 Å². The van der Waals surface area contributed by atoms with E-state index < -0.39 is 22.4 Å². The highest BCUT2D eigenvalue weighted by molar-refractivity contribution is 7.18. The molecule has 6 nitrogen and oxygen atoms in total. The highest BCUT2D eigenvalue weighted by Crippen LogP contribution is 2.40. The minimum absolute atomic E-state index is 0.0153. The number of nitrogens with two attached hydrogens (primary N) is 1. The van der Waals surface area contributed by atoms with E-state index in [9.17, 15) is 23.3 Å². The minimum Gasteiger partial charge on any atom is -0.374 e. The molecule has 100 valence electrons. The Morgan fingerprint density at radius 2 is 2.00 bits per heavy atom. The van der Waals surface area contributed by atoms with E-state index in [1.807, 2.05) is 0 Å². The molecule has 0 unspecified atom stereocenters. The quantitative estimate of drug-likeness (QED) is 0.677. The smallest absolute Gasteiger partial charge is 0.374 e. The number of hydrogen-bond acceptors (Lipinski definition) is 6. The summed E-state index contributed by atoms with van der Waals surface area (Å²) in [7, 11) is 0. The van der Waals surface area contributed by atoms with Gasteiger partial charge in [-0.2, -0.15) is 13.2 Å². The molecule has 0 saturated carbocycles. The minimum atomic E-state index is -4.73. The van der Waals surface area contributed by atoms with E-state index in [0.29, 0.717) is 6.07 Å². The maximum atomic E-state index is 12.9. The first kappa shape index (κ1) is 13.2.